The van der Waals surface area contributed by atoms with E-state index in [4.69, 9.17) is 0 Å². The number of nitro groups is 2. The fraction of sp³-hybridized carbons (Fsp3) is 0.667. The van der Waals surface area contributed by atoms with Crippen LogP contribution in [-0.4, -0.2) is 9.85 Å². The van der Waals surface area contributed by atoms with E-state index in [1.54, 1.807) is 6.07 Å². The first-order valence-corrected chi connectivity index (χ1v) is 8.94. The van der Waals surface area contributed by atoms with Crippen LogP contribution >= 0.6 is 0 Å². The minimum Gasteiger partial charge on any atom is -0.258 e. The van der Waals surface area contributed by atoms with Gasteiger partial charge in [0.2, 0.25) is 0 Å². The second-order valence-corrected chi connectivity index (χ2v) is 6.20. The minimum atomic E-state index is -0.424. The van der Waals surface area contributed by atoms with Crippen LogP contribution < -0.4 is 0 Å². The Kier molecular flexibility index (Phi) is 8.36. The van der Waals surface area contributed by atoms with Crippen molar-refractivity contribution < 1.29 is 9.85 Å². The van der Waals surface area contributed by atoms with E-state index < -0.39 is 9.85 Å². The number of aryl methyl sites for hydroxylation is 2. The van der Waals surface area contributed by atoms with Crippen LogP contribution in [0.25, 0.3) is 0 Å². The first-order chi connectivity index (χ1) is 11.5. The predicted molar refractivity (Wildman–Crippen MR) is 95.6 cm³/mol. The van der Waals surface area contributed by atoms with Crippen molar-refractivity contribution >= 4 is 11.4 Å². The van der Waals surface area contributed by atoms with Gasteiger partial charge in [0.05, 0.1) is 9.85 Å². The van der Waals surface area contributed by atoms with Crippen molar-refractivity contribution in [2.24, 2.45) is 0 Å². The Labute approximate surface area is 143 Å². The quantitative estimate of drug-likeness (QED) is 0.392. The topological polar surface area (TPSA) is 86.3 Å². The zero-order valence-corrected chi connectivity index (χ0v) is 15.0. The van der Waals surface area contributed by atoms with Crippen LogP contribution in [0.1, 0.15) is 76.0 Å². The van der Waals surface area contributed by atoms with Gasteiger partial charge in [-0.05, 0) is 44.6 Å². The van der Waals surface area contributed by atoms with E-state index in [2.05, 4.69) is 0 Å². The van der Waals surface area contributed by atoms with Crippen molar-refractivity contribution in [2.75, 3.05) is 0 Å². The van der Waals surface area contributed by atoms with Gasteiger partial charge in [0.15, 0.2) is 0 Å². The summed E-state index contributed by atoms with van der Waals surface area (Å²) in [4.78, 5) is 22.5. The number of benzene rings is 1. The number of unbranched alkanes of at least 4 members (excludes halogenated alkanes) is 3. The molecular weight excluding hydrogens is 308 g/mol. The van der Waals surface area contributed by atoms with Crippen LogP contribution in [-0.2, 0) is 19.3 Å². The zero-order valence-electron chi connectivity index (χ0n) is 15.0. The summed E-state index contributed by atoms with van der Waals surface area (Å²) < 4.78 is 0. The normalized spacial score (nSPS) is 10.8. The summed E-state index contributed by atoms with van der Waals surface area (Å²) in [6.45, 7) is 6.05. The summed E-state index contributed by atoms with van der Waals surface area (Å²) in [5.41, 5.74) is 1.59. The molecule has 1 rings (SSSR count). The van der Waals surface area contributed by atoms with Gasteiger partial charge in [-0.3, -0.25) is 20.2 Å². The highest BCUT2D eigenvalue weighted by atomic mass is 16.6. The van der Waals surface area contributed by atoms with E-state index in [1.807, 2.05) is 20.8 Å². The standard InChI is InChI=1S/C18H28N2O4/c1-4-7-10-14-13-15(11-8-5-2)18(20(23)24)16(12-9-6-3)17(14)19(21)22/h13H,4-12H2,1-3H3. The molecule has 0 unspecified atom stereocenters. The molecule has 0 saturated carbocycles. The average molecular weight is 336 g/mol. The molecule has 0 saturated heterocycles. The number of hydrogen-bond acceptors (Lipinski definition) is 4. The van der Waals surface area contributed by atoms with Crippen molar-refractivity contribution in [1.29, 1.82) is 0 Å². The van der Waals surface area contributed by atoms with E-state index >= 15 is 0 Å². The molecule has 1 aromatic carbocycles. The molecule has 0 spiro atoms. The smallest absolute Gasteiger partial charge is 0.258 e. The average Bonchev–Trinajstić information content (AvgIpc) is 2.54. The lowest BCUT2D eigenvalue weighted by atomic mass is 9.92. The Morgan fingerprint density at radius 3 is 1.46 bits per heavy atom. The first kappa shape index (κ1) is 20.1. The van der Waals surface area contributed by atoms with E-state index in [1.165, 1.54) is 0 Å². The van der Waals surface area contributed by atoms with Crippen molar-refractivity contribution in [2.45, 2.75) is 78.6 Å². The van der Waals surface area contributed by atoms with Crippen molar-refractivity contribution in [3.05, 3.63) is 43.0 Å². The monoisotopic (exact) mass is 336 g/mol. The SMILES string of the molecule is CCCCc1cc(CCCC)c([N+](=O)[O-])c(CCCC)c1[N+](=O)[O-]. The molecule has 0 aliphatic carbocycles. The Bertz CT molecular complexity index is 541. The van der Waals surface area contributed by atoms with E-state index in [0.717, 1.165) is 32.1 Å². The third kappa shape index (κ3) is 5.01. The number of hydrogen-bond donors (Lipinski definition) is 0. The number of nitro benzene ring substituents is 2. The molecule has 0 aliphatic heterocycles. The maximum Gasteiger partial charge on any atom is 0.282 e. The van der Waals surface area contributed by atoms with Gasteiger partial charge in [-0.2, -0.15) is 0 Å². The van der Waals surface area contributed by atoms with Gasteiger partial charge in [0.1, 0.15) is 5.56 Å². The fourth-order valence-electron chi connectivity index (χ4n) is 3.01. The Balaban J connectivity index is 3.58. The van der Waals surface area contributed by atoms with Gasteiger partial charge in [0.25, 0.3) is 11.4 Å². The van der Waals surface area contributed by atoms with Gasteiger partial charge >= 0.3 is 0 Å². The molecule has 134 valence electrons. The Morgan fingerprint density at radius 2 is 1.12 bits per heavy atom. The molecule has 0 bridgehead atoms. The van der Waals surface area contributed by atoms with Crippen LogP contribution in [0.3, 0.4) is 0 Å². The molecule has 0 amide bonds. The second-order valence-electron chi connectivity index (χ2n) is 6.20. The van der Waals surface area contributed by atoms with Gasteiger partial charge < -0.3 is 0 Å². The molecule has 0 radical (unpaired) electrons. The van der Waals surface area contributed by atoms with Crippen LogP contribution in [0.2, 0.25) is 0 Å². The molecule has 0 aliphatic rings. The largest absolute Gasteiger partial charge is 0.282 e. The summed E-state index contributed by atoms with van der Waals surface area (Å²) in [6, 6.07) is 1.72. The second kappa shape index (κ2) is 10.0. The third-order valence-corrected chi connectivity index (χ3v) is 4.27. The van der Waals surface area contributed by atoms with E-state index in [9.17, 15) is 20.2 Å². The molecule has 0 aromatic heterocycles. The summed E-state index contributed by atoms with van der Waals surface area (Å²) >= 11 is 0. The maximum atomic E-state index is 11.7. The summed E-state index contributed by atoms with van der Waals surface area (Å²) in [7, 11) is 0. The van der Waals surface area contributed by atoms with Crippen molar-refractivity contribution in [3.8, 4) is 0 Å². The highest BCUT2D eigenvalue weighted by Crippen LogP contribution is 2.38. The highest BCUT2D eigenvalue weighted by Gasteiger charge is 2.31. The lowest BCUT2D eigenvalue weighted by molar-refractivity contribution is -0.396. The van der Waals surface area contributed by atoms with Crippen LogP contribution in [0, 0.1) is 20.2 Å². The molecule has 1 aromatic rings. The third-order valence-electron chi connectivity index (χ3n) is 4.27. The van der Waals surface area contributed by atoms with Crippen LogP contribution in [0.4, 0.5) is 11.4 Å². The van der Waals surface area contributed by atoms with Crippen LogP contribution in [0.15, 0.2) is 6.07 Å². The summed E-state index contributed by atoms with van der Waals surface area (Å²) in [5, 5.41) is 23.3. The summed E-state index contributed by atoms with van der Waals surface area (Å²) in [6.07, 6.45) is 6.71. The molecule has 0 fully saturated rings. The van der Waals surface area contributed by atoms with Gasteiger partial charge in [-0.15, -0.1) is 0 Å². The Morgan fingerprint density at radius 1 is 0.750 bits per heavy atom. The maximum absolute atomic E-state index is 11.7. The molecule has 0 atom stereocenters. The number of rotatable bonds is 11. The molecule has 24 heavy (non-hydrogen) atoms. The zero-order chi connectivity index (χ0) is 18.1. The summed E-state index contributed by atoms with van der Waals surface area (Å²) in [5.74, 6) is 0. The molecule has 0 heterocycles. The van der Waals surface area contributed by atoms with Crippen molar-refractivity contribution in [3.63, 3.8) is 0 Å². The van der Waals surface area contributed by atoms with Gasteiger partial charge in [-0.25, -0.2) is 0 Å². The predicted octanol–water partition coefficient (Wildman–Crippen LogP) is 5.53. The van der Waals surface area contributed by atoms with Gasteiger partial charge in [-0.1, -0.05) is 40.0 Å². The minimum absolute atomic E-state index is 0.0242. The fourth-order valence-corrected chi connectivity index (χ4v) is 3.01. The Hall–Kier alpha value is -1.98. The van der Waals surface area contributed by atoms with Crippen molar-refractivity contribution in [1.82, 2.24) is 0 Å². The van der Waals surface area contributed by atoms with Crippen LogP contribution in [0.5, 0.6) is 0 Å². The lowest BCUT2D eigenvalue weighted by Gasteiger charge is -2.13. The number of nitrogens with zero attached hydrogens (tertiary/aromatic N) is 2. The van der Waals surface area contributed by atoms with E-state index in [-0.39, 0.29) is 11.4 Å². The first-order valence-electron chi connectivity index (χ1n) is 8.94. The lowest BCUT2D eigenvalue weighted by Crippen LogP contribution is -2.09. The molecule has 6 heteroatoms. The molecule has 0 N–H and O–H groups in total. The highest BCUT2D eigenvalue weighted by molar-refractivity contribution is 5.63. The molecule has 6 nitrogen and oxygen atoms in total. The molecular formula is C18H28N2O4. The van der Waals surface area contributed by atoms with E-state index in [0.29, 0.717) is 42.4 Å². The van der Waals surface area contributed by atoms with Gasteiger partial charge in [0, 0.05) is 11.1 Å².